The summed E-state index contributed by atoms with van der Waals surface area (Å²) in [5, 5.41) is 0. The second-order valence-electron chi connectivity index (χ2n) is 6.52. The van der Waals surface area contributed by atoms with Crippen LogP contribution in [0.3, 0.4) is 0 Å². The third-order valence-corrected chi connectivity index (χ3v) is 8.17. The molecule has 0 bridgehead atoms. The zero-order chi connectivity index (χ0) is 14.7. The van der Waals surface area contributed by atoms with E-state index < -0.39 is 19.7 Å². The minimum atomic E-state index is -2.96. The topological polar surface area (TPSA) is 68.3 Å². The molecule has 0 N–H and O–H groups in total. The van der Waals surface area contributed by atoms with Crippen molar-refractivity contribution in [3.63, 3.8) is 0 Å². The fourth-order valence-electron chi connectivity index (χ4n) is 3.95. The van der Waals surface area contributed by atoms with E-state index in [-0.39, 0.29) is 34.8 Å². The quantitative estimate of drug-likeness (QED) is 0.635. The summed E-state index contributed by atoms with van der Waals surface area (Å²) in [6.07, 6.45) is 1.40. The lowest BCUT2D eigenvalue weighted by Crippen LogP contribution is -2.14. The summed E-state index contributed by atoms with van der Waals surface area (Å²) in [6, 6.07) is 0. The first kappa shape index (κ1) is 14.3. The molecule has 6 heteroatoms. The van der Waals surface area contributed by atoms with Gasteiger partial charge in [-0.15, -0.1) is 0 Å². The molecule has 2 aliphatic heterocycles. The van der Waals surface area contributed by atoms with Crippen LogP contribution in [-0.4, -0.2) is 39.8 Å². The third kappa shape index (κ3) is 2.48. The standard InChI is InChI=1S/C14H20O4S2/c1-9-3-11-5-20(17,18)8-14(11)10(2)4-12-6-19(15,16)7-13(9)12/h11-12H,3-8H2,1-2H3/b13-9-,14-10-. The van der Waals surface area contributed by atoms with Gasteiger partial charge in [-0.05, 0) is 38.5 Å². The van der Waals surface area contributed by atoms with Crippen molar-refractivity contribution in [1.29, 1.82) is 0 Å². The van der Waals surface area contributed by atoms with Gasteiger partial charge in [-0.2, -0.15) is 0 Å². The van der Waals surface area contributed by atoms with Crippen molar-refractivity contribution in [2.24, 2.45) is 11.8 Å². The van der Waals surface area contributed by atoms with E-state index in [9.17, 15) is 16.8 Å². The molecule has 0 radical (unpaired) electrons. The maximum absolute atomic E-state index is 11.9. The molecule has 4 nitrogen and oxygen atoms in total. The molecule has 0 amide bonds. The Balaban J connectivity index is 2.05. The number of sulfone groups is 2. The van der Waals surface area contributed by atoms with Gasteiger partial charge in [0.05, 0.1) is 23.0 Å². The number of fused-ring (bicyclic) bond motifs is 2. The van der Waals surface area contributed by atoms with Gasteiger partial charge >= 0.3 is 0 Å². The third-order valence-electron chi connectivity index (χ3n) is 4.85. The van der Waals surface area contributed by atoms with Crippen molar-refractivity contribution in [3.8, 4) is 0 Å². The number of rotatable bonds is 0. The lowest BCUT2D eigenvalue weighted by Gasteiger charge is -2.23. The maximum Gasteiger partial charge on any atom is 0.154 e. The summed E-state index contributed by atoms with van der Waals surface area (Å²) < 4.78 is 47.5. The van der Waals surface area contributed by atoms with Gasteiger partial charge in [-0.25, -0.2) is 16.8 Å². The molecule has 2 unspecified atom stereocenters. The highest BCUT2D eigenvalue weighted by Gasteiger charge is 2.40. The van der Waals surface area contributed by atoms with Crippen LogP contribution in [0.4, 0.5) is 0 Å². The van der Waals surface area contributed by atoms with Gasteiger partial charge < -0.3 is 0 Å². The number of hydrogen-bond acceptors (Lipinski definition) is 4. The van der Waals surface area contributed by atoms with Gasteiger partial charge in [0.2, 0.25) is 0 Å². The molecule has 1 aliphatic carbocycles. The van der Waals surface area contributed by atoms with E-state index in [0.717, 1.165) is 22.3 Å². The van der Waals surface area contributed by atoms with E-state index in [1.165, 1.54) is 0 Å². The Hall–Kier alpha value is -0.620. The molecule has 0 aromatic heterocycles. The van der Waals surface area contributed by atoms with Crippen molar-refractivity contribution < 1.29 is 16.8 Å². The first-order valence-corrected chi connectivity index (χ1v) is 10.6. The van der Waals surface area contributed by atoms with Crippen molar-refractivity contribution >= 4 is 19.7 Å². The van der Waals surface area contributed by atoms with Crippen LogP contribution in [-0.2, 0) is 19.7 Å². The summed E-state index contributed by atoms with van der Waals surface area (Å²) >= 11 is 0. The molecule has 0 saturated carbocycles. The van der Waals surface area contributed by atoms with Crippen LogP contribution in [0, 0.1) is 11.8 Å². The van der Waals surface area contributed by atoms with Gasteiger partial charge in [-0.3, -0.25) is 0 Å². The van der Waals surface area contributed by atoms with Gasteiger partial charge in [-0.1, -0.05) is 22.3 Å². The molecule has 3 aliphatic rings. The van der Waals surface area contributed by atoms with Gasteiger partial charge in [0, 0.05) is 0 Å². The van der Waals surface area contributed by atoms with Crippen LogP contribution in [0.25, 0.3) is 0 Å². The fraction of sp³-hybridized carbons (Fsp3) is 0.714. The van der Waals surface area contributed by atoms with Crippen LogP contribution in [0.5, 0.6) is 0 Å². The van der Waals surface area contributed by atoms with Gasteiger partial charge in [0.1, 0.15) is 0 Å². The molecule has 3 rings (SSSR count). The van der Waals surface area contributed by atoms with E-state index in [1.807, 2.05) is 13.8 Å². The van der Waals surface area contributed by atoms with Crippen LogP contribution in [0.1, 0.15) is 26.7 Å². The molecule has 2 saturated heterocycles. The van der Waals surface area contributed by atoms with E-state index >= 15 is 0 Å². The van der Waals surface area contributed by atoms with Crippen LogP contribution in [0.2, 0.25) is 0 Å². The Morgan fingerprint density at radius 1 is 0.750 bits per heavy atom. The predicted octanol–water partition coefficient (Wildman–Crippen LogP) is 1.50. The largest absolute Gasteiger partial charge is 0.228 e. The minimum Gasteiger partial charge on any atom is -0.228 e. The van der Waals surface area contributed by atoms with E-state index in [1.54, 1.807) is 0 Å². The lowest BCUT2D eigenvalue weighted by molar-refractivity contribution is 0.587. The number of hydrogen-bond donors (Lipinski definition) is 0. The molecule has 2 fully saturated rings. The second kappa shape index (κ2) is 4.44. The molecular formula is C14H20O4S2. The summed E-state index contributed by atoms with van der Waals surface area (Å²) in [7, 11) is -5.93. The number of allylic oxidation sites excluding steroid dienone is 2. The van der Waals surface area contributed by atoms with Crippen LogP contribution in [0.15, 0.2) is 22.3 Å². The van der Waals surface area contributed by atoms with E-state index in [4.69, 9.17) is 0 Å². The summed E-state index contributed by atoms with van der Waals surface area (Å²) in [5.74, 6) is 0.925. The summed E-state index contributed by atoms with van der Waals surface area (Å²) in [6.45, 7) is 3.96. The van der Waals surface area contributed by atoms with Crippen LogP contribution < -0.4 is 0 Å². The Bertz CT molecular complexity index is 659. The lowest BCUT2D eigenvalue weighted by atomic mass is 9.81. The van der Waals surface area contributed by atoms with Crippen molar-refractivity contribution in [2.75, 3.05) is 23.0 Å². The Labute approximate surface area is 120 Å². The van der Waals surface area contributed by atoms with Crippen molar-refractivity contribution in [2.45, 2.75) is 26.7 Å². The van der Waals surface area contributed by atoms with Crippen molar-refractivity contribution in [1.82, 2.24) is 0 Å². The Morgan fingerprint density at radius 3 is 1.45 bits per heavy atom. The highest BCUT2D eigenvalue weighted by molar-refractivity contribution is 7.92. The SMILES string of the molecule is C/C1=C2\CS(=O)(=O)CC2C/C(C)=C2/CS(=O)(=O)CC2C1. The summed E-state index contributed by atoms with van der Waals surface area (Å²) in [5.41, 5.74) is 4.30. The molecule has 2 heterocycles. The smallest absolute Gasteiger partial charge is 0.154 e. The van der Waals surface area contributed by atoms with Gasteiger partial charge in [0.25, 0.3) is 0 Å². The fourth-order valence-corrected chi connectivity index (χ4v) is 7.96. The molecule has 2 atom stereocenters. The highest BCUT2D eigenvalue weighted by atomic mass is 32.2. The summed E-state index contributed by atoms with van der Waals surface area (Å²) in [4.78, 5) is 0. The molecular weight excluding hydrogens is 296 g/mol. The maximum atomic E-state index is 11.9. The molecule has 0 aromatic rings. The second-order valence-corrected chi connectivity index (χ2v) is 10.7. The van der Waals surface area contributed by atoms with Gasteiger partial charge in [0.15, 0.2) is 19.7 Å². The van der Waals surface area contributed by atoms with E-state index in [2.05, 4.69) is 0 Å². The van der Waals surface area contributed by atoms with Crippen LogP contribution >= 0.6 is 0 Å². The first-order valence-electron chi connectivity index (χ1n) is 6.95. The first-order chi connectivity index (χ1) is 9.17. The predicted molar refractivity (Wildman–Crippen MR) is 78.9 cm³/mol. The molecule has 20 heavy (non-hydrogen) atoms. The average Bonchev–Trinajstić information content (AvgIpc) is 2.74. The van der Waals surface area contributed by atoms with E-state index in [0.29, 0.717) is 12.8 Å². The Morgan fingerprint density at radius 2 is 1.10 bits per heavy atom. The monoisotopic (exact) mass is 316 g/mol. The normalized spacial score (nSPS) is 42.7. The zero-order valence-electron chi connectivity index (χ0n) is 11.8. The molecule has 112 valence electrons. The molecule has 0 aromatic carbocycles. The molecule has 0 spiro atoms. The highest BCUT2D eigenvalue weighted by Crippen LogP contribution is 2.41. The Kier molecular flexibility index (Phi) is 3.18. The average molecular weight is 316 g/mol. The van der Waals surface area contributed by atoms with Crippen molar-refractivity contribution in [3.05, 3.63) is 22.3 Å². The zero-order valence-corrected chi connectivity index (χ0v) is 13.5. The minimum absolute atomic E-state index is 0.0664.